The molecule has 1 unspecified atom stereocenters. The molecule has 1 saturated heterocycles. The van der Waals surface area contributed by atoms with Crippen molar-refractivity contribution in [3.05, 3.63) is 24.3 Å². The number of hydrogen-bond donors (Lipinski definition) is 2. The van der Waals surface area contributed by atoms with Gasteiger partial charge in [-0.15, -0.1) is 0 Å². The van der Waals surface area contributed by atoms with Gasteiger partial charge < -0.3 is 10.6 Å². The Morgan fingerprint density at radius 1 is 1.32 bits per heavy atom. The van der Waals surface area contributed by atoms with Gasteiger partial charge in [0.25, 0.3) is 0 Å². The number of carbonyl (C=O) groups excluding carboxylic acids is 1. The summed E-state index contributed by atoms with van der Waals surface area (Å²) >= 11 is 0. The SMILES string of the molecule is CN(C)S(=O)(=O)c1ccccc1NC1CNC(=O)C1. The second-order valence-corrected chi connectivity index (χ2v) is 6.75. The lowest BCUT2D eigenvalue weighted by Crippen LogP contribution is -2.26. The van der Waals surface area contributed by atoms with Crippen LogP contribution in [0.3, 0.4) is 0 Å². The smallest absolute Gasteiger partial charge is 0.244 e. The molecule has 0 saturated carbocycles. The van der Waals surface area contributed by atoms with E-state index in [1.54, 1.807) is 24.3 Å². The zero-order valence-electron chi connectivity index (χ0n) is 10.9. The van der Waals surface area contributed by atoms with Crippen molar-refractivity contribution >= 4 is 21.6 Å². The largest absolute Gasteiger partial charge is 0.379 e. The zero-order valence-corrected chi connectivity index (χ0v) is 11.7. The molecule has 2 rings (SSSR count). The van der Waals surface area contributed by atoms with Crippen LogP contribution in [0, 0.1) is 0 Å². The van der Waals surface area contributed by atoms with Gasteiger partial charge in [0.05, 0.1) is 11.7 Å². The number of nitrogens with one attached hydrogen (secondary N) is 2. The van der Waals surface area contributed by atoms with Gasteiger partial charge in [-0.3, -0.25) is 4.79 Å². The van der Waals surface area contributed by atoms with E-state index in [0.717, 1.165) is 0 Å². The predicted octanol–water partition coefficient (Wildman–Crippen LogP) is 0.237. The first-order chi connectivity index (χ1) is 8.91. The fourth-order valence-electron chi connectivity index (χ4n) is 1.93. The molecule has 1 fully saturated rings. The number of rotatable bonds is 4. The summed E-state index contributed by atoms with van der Waals surface area (Å²) in [5.41, 5.74) is 0.526. The number of sulfonamides is 1. The minimum absolute atomic E-state index is 0.0227. The minimum Gasteiger partial charge on any atom is -0.379 e. The molecule has 2 N–H and O–H groups in total. The highest BCUT2D eigenvalue weighted by molar-refractivity contribution is 7.89. The lowest BCUT2D eigenvalue weighted by molar-refractivity contribution is -0.119. The first kappa shape index (κ1) is 13.8. The first-order valence-electron chi connectivity index (χ1n) is 5.96. The molecule has 1 heterocycles. The second-order valence-electron chi connectivity index (χ2n) is 4.63. The van der Waals surface area contributed by atoms with Crippen molar-refractivity contribution < 1.29 is 13.2 Å². The number of anilines is 1. The van der Waals surface area contributed by atoms with Gasteiger partial charge in [-0.2, -0.15) is 0 Å². The minimum atomic E-state index is -3.50. The van der Waals surface area contributed by atoms with Crippen LogP contribution in [-0.2, 0) is 14.8 Å². The Labute approximate surface area is 112 Å². The molecule has 1 amide bonds. The number of para-hydroxylation sites is 1. The molecule has 19 heavy (non-hydrogen) atoms. The van der Waals surface area contributed by atoms with E-state index in [-0.39, 0.29) is 16.8 Å². The highest BCUT2D eigenvalue weighted by Crippen LogP contribution is 2.24. The maximum absolute atomic E-state index is 12.2. The topological polar surface area (TPSA) is 78.5 Å². The van der Waals surface area contributed by atoms with E-state index in [4.69, 9.17) is 0 Å². The third-order valence-electron chi connectivity index (χ3n) is 2.98. The third kappa shape index (κ3) is 2.87. The number of amides is 1. The van der Waals surface area contributed by atoms with Crippen LogP contribution in [-0.4, -0.2) is 45.3 Å². The lowest BCUT2D eigenvalue weighted by Gasteiger charge is -2.18. The van der Waals surface area contributed by atoms with E-state index in [2.05, 4.69) is 10.6 Å². The van der Waals surface area contributed by atoms with Gasteiger partial charge in [-0.1, -0.05) is 12.1 Å². The number of nitrogens with zero attached hydrogens (tertiary/aromatic N) is 1. The molecular formula is C12H17N3O3S. The van der Waals surface area contributed by atoms with Gasteiger partial charge in [0.2, 0.25) is 15.9 Å². The molecule has 1 aromatic rings. The highest BCUT2D eigenvalue weighted by Gasteiger charge is 2.25. The van der Waals surface area contributed by atoms with Crippen molar-refractivity contribution in [1.29, 1.82) is 0 Å². The zero-order chi connectivity index (χ0) is 14.0. The number of carbonyl (C=O) groups is 1. The van der Waals surface area contributed by atoms with Crippen molar-refractivity contribution in [1.82, 2.24) is 9.62 Å². The molecule has 6 nitrogen and oxygen atoms in total. The van der Waals surface area contributed by atoms with E-state index in [1.165, 1.54) is 18.4 Å². The average Bonchev–Trinajstić information content (AvgIpc) is 2.75. The van der Waals surface area contributed by atoms with Gasteiger partial charge in [-0.05, 0) is 12.1 Å². The summed E-state index contributed by atoms with van der Waals surface area (Å²) in [4.78, 5) is 11.4. The Balaban J connectivity index is 2.29. The molecule has 0 aromatic heterocycles. The summed E-state index contributed by atoms with van der Waals surface area (Å²) in [6, 6.07) is 6.63. The monoisotopic (exact) mass is 283 g/mol. The Bertz CT molecular complexity index is 584. The Kier molecular flexibility index (Phi) is 3.77. The Morgan fingerprint density at radius 2 is 2.00 bits per heavy atom. The van der Waals surface area contributed by atoms with Gasteiger partial charge in [0.1, 0.15) is 4.90 Å². The molecule has 1 aromatic carbocycles. The highest BCUT2D eigenvalue weighted by atomic mass is 32.2. The molecule has 1 aliphatic heterocycles. The maximum atomic E-state index is 12.2. The Hall–Kier alpha value is -1.60. The molecule has 0 radical (unpaired) electrons. The fraction of sp³-hybridized carbons (Fsp3) is 0.417. The molecule has 0 spiro atoms. The Morgan fingerprint density at radius 3 is 2.58 bits per heavy atom. The van der Waals surface area contributed by atoms with E-state index in [9.17, 15) is 13.2 Å². The predicted molar refractivity (Wildman–Crippen MR) is 72.4 cm³/mol. The van der Waals surface area contributed by atoms with Gasteiger partial charge >= 0.3 is 0 Å². The summed E-state index contributed by atoms with van der Waals surface area (Å²) in [6.07, 6.45) is 0.357. The van der Waals surface area contributed by atoms with Gasteiger partial charge in [0, 0.05) is 27.1 Å². The molecule has 0 bridgehead atoms. The standard InChI is InChI=1S/C12H17N3O3S/c1-15(2)19(17,18)11-6-4-3-5-10(11)14-9-7-12(16)13-8-9/h3-6,9,14H,7-8H2,1-2H3,(H,13,16). The van der Waals surface area contributed by atoms with Crippen LogP contribution in [0.15, 0.2) is 29.2 Å². The molecular weight excluding hydrogens is 266 g/mol. The maximum Gasteiger partial charge on any atom is 0.244 e. The summed E-state index contributed by atoms with van der Waals surface area (Å²) < 4.78 is 25.6. The summed E-state index contributed by atoms with van der Waals surface area (Å²) in [5.74, 6) is -0.0227. The average molecular weight is 283 g/mol. The van der Waals surface area contributed by atoms with Crippen molar-refractivity contribution in [2.75, 3.05) is 26.0 Å². The fourth-order valence-corrected chi connectivity index (χ4v) is 2.98. The van der Waals surface area contributed by atoms with Crippen LogP contribution in [0.4, 0.5) is 5.69 Å². The number of hydrogen-bond acceptors (Lipinski definition) is 4. The van der Waals surface area contributed by atoms with Crippen molar-refractivity contribution in [2.45, 2.75) is 17.4 Å². The van der Waals surface area contributed by atoms with Crippen molar-refractivity contribution in [3.63, 3.8) is 0 Å². The third-order valence-corrected chi connectivity index (χ3v) is 4.86. The van der Waals surface area contributed by atoms with Crippen molar-refractivity contribution in [2.24, 2.45) is 0 Å². The summed E-state index contributed by atoms with van der Waals surface area (Å²) in [6.45, 7) is 0.509. The number of benzene rings is 1. The summed E-state index contributed by atoms with van der Waals surface area (Å²) in [7, 11) is -0.512. The van der Waals surface area contributed by atoms with E-state index >= 15 is 0 Å². The second kappa shape index (κ2) is 5.18. The molecule has 104 valence electrons. The molecule has 7 heteroatoms. The molecule has 1 atom stereocenters. The molecule has 1 aliphatic rings. The van der Waals surface area contributed by atoms with Crippen LogP contribution in [0.2, 0.25) is 0 Å². The summed E-state index contributed by atoms with van der Waals surface area (Å²) in [5, 5.41) is 5.82. The van der Waals surface area contributed by atoms with Crippen LogP contribution in [0.1, 0.15) is 6.42 Å². The van der Waals surface area contributed by atoms with E-state index in [1.807, 2.05) is 0 Å². The quantitative estimate of drug-likeness (QED) is 0.829. The van der Waals surface area contributed by atoms with Crippen LogP contribution >= 0.6 is 0 Å². The van der Waals surface area contributed by atoms with Gasteiger partial charge in [-0.25, -0.2) is 12.7 Å². The van der Waals surface area contributed by atoms with Crippen molar-refractivity contribution in [3.8, 4) is 0 Å². The lowest BCUT2D eigenvalue weighted by atomic mass is 10.2. The van der Waals surface area contributed by atoms with Crippen LogP contribution in [0.25, 0.3) is 0 Å². The normalized spacial score (nSPS) is 19.5. The van der Waals surface area contributed by atoms with Gasteiger partial charge in [0.15, 0.2) is 0 Å². The van der Waals surface area contributed by atoms with E-state index < -0.39 is 10.0 Å². The first-order valence-corrected chi connectivity index (χ1v) is 7.40. The molecule has 0 aliphatic carbocycles. The van der Waals surface area contributed by atoms with E-state index in [0.29, 0.717) is 18.7 Å². The van der Waals surface area contributed by atoms with Crippen LogP contribution < -0.4 is 10.6 Å². The van der Waals surface area contributed by atoms with Crippen LogP contribution in [0.5, 0.6) is 0 Å².